The van der Waals surface area contributed by atoms with Crippen LogP contribution in [0.25, 0.3) is 6.08 Å². The lowest BCUT2D eigenvalue weighted by molar-refractivity contribution is -0.115. The zero-order chi connectivity index (χ0) is 20.1. The van der Waals surface area contributed by atoms with Crippen molar-refractivity contribution in [2.75, 3.05) is 13.7 Å². The van der Waals surface area contributed by atoms with Gasteiger partial charge in [0.2, 0.25) is 0 Å². The summed E-state index contributed by atoms with van der Waals surface area (Å²) in [5, 5.41) is 12.0. The van der Waals surface area contributed by atoms with Crippen LogP contribution in [0.5, 0.6) is 11.5 Å². The number of rotatable bonds is 5. The summed E-state index contributed by atoms with van der Waals surface area (Å²) in [7, 11) is 1.52. The average Bonchev–Trinajstić information content (AvgIpc) is 3.02. The van der Waals surface area contributed by atoms with Crippen LogP contribution in [0.2, 0.25) is 0 Å². The van der Waals surface area contributed by atoms with E-state index in [0.717, 1.165) is 16.8 Å². The van der Waals surface area contributed by atoms with E-state index in [4.69, 9.17) is 14.7 Å². The summed E-state index contributed by atoms with van der Waals surface area (Å²) < 4.78 is 10.6. The molecule has 0 unspecified atom stereocenters. The minimum absolute atomic E-state index is 0.0621. The first-order valence-electron chi connectivity index (χ1n) is 8.55. The molecule has 6 nitrogen and oxygen atoms in total. The van der Waals surface area contributed by atoms with Crippen LogP contribution in [-0.2, 0) is 4.79 Å². The summed E-state index contributed by atoms with van der Waals surface area (Å²) >= 11 is 1.29. The number of amidine groups is 1. The number of ether oxygens (including phenoxy) is 2. The number of carbonyl (C=O) groups is 1. The largest absolute Gasteiger partial charge is 0.493 e. The van der Waals surface area contributed by atoms with E-state index in [-0.39, 0.29) is 12.5 Å². The van der Waals surface area contributed by atoms with Gasteiger partial charge in [-0.05, 0) is 72.6 Å². The molecule has 0 spiro atoms. The van der Waals surface area contributed by atoms with Crippen molar-refractivity contribution in [3.8, 4) is 17.6 Å². The fourth-order valence-corrected chi connectivity index (χ4v) is 3.39. The zero-order valence-corrected chi connectivity index (χ0v) is 16.6. The van der Waals surface area contributed by atoms with Gasteiger partial charge < -0.3 is 14.8 Å². The molecule has 3 rings (SSSR count). The van der Waals surface area contributed by atoms with Crippen LogP contribution in [0, 0.1) is 25.2 Å². The number of nitrogens with one attached hydrogen (secondary N) is 1. The van der Waals surface area contributed by atoms with Crippen molar-refractivity contribution in [3.63, 3.8) is 0 Å². The van der Waals surface area contributed by atoms with Crippen molar-refractivity contribution >= 4 is 34.6 Å². The van der Waals surface area contributed by atoms with Crippen LogP contribution in [0.1, 0.15) is 16.7 Å². The molecule has 1 aliphatic rings. The SMILES string of the molecule is COc1cc(C=C2SC(=Nc3ccc(C)c(C)c3)NC2=O)ccc1OCC#N. The number of benzene rings is 2. The Kier molecular flexibility index (Phi) is 6.02. The quantitative estimate of drug-likeness (QED) is 0.773. The van der Waals surface area contributed by atoms with Crippen LogP contribution >= 0.6 is 11.8 Å². The number of hydrogen-bond acceptors (Lipinski definition) is 6. The number of carbonyl (C=O) groups excluding carboxylic acids is 1. The van der Waals surface area contributed by atoms with E-state index in [9.17, 15) is 4.79 Å². The highest BCUT2D eigenvalue weighted by Crippen LogP contribution is 2.32. The average molecular weight is 393 g/mol. The van der Waals surface area contributed by atoms with Crippen LogP contribution in [-0.4, -0.2) is 24.8 Å². The van der Waals surface area contributed by atoms with Crippen LogP contribution in [0.3, 0.4) is 0 Å². The van der Waals surface area contributed by atoms with Gasteiger partial charge in [-0.15, -0.1) is 0 Å². The van der Waals surface area contributed by atoms with Gasteiger partial charge in [0.05, 0.1) is 17.7 Å². The van der Waals surface area contributed by atoms with E-state index in [1.54, 1.807) is 24.3 Å². The number of methoxy groups -OCH3 is 1. The van der Waals surface area contributed by atoms with Crippen LogP contribution in [0.15, 0.2) is 46.3 Å². The summed E-state index contributed by atoms with van der Waals surface area (Å²) in [6.07, 6.45) is 1.76. The highest BCUT2D eigenvalue weighted by molar-refractivity contribution is 8.18. The Labute approximate surface area is 167 Å². The lowest BCUT2D eigenvalue weighted by atomic mass is 10.1. The molecule has 0 atom stereocenters. The Bertz CT molecular complexity index is 1020. The van der Waals surface area contributed by atoms with Gasteiger partial charge in [-0.2, -0.15) is 5.26 Å². The zero-order valence-electron chi connectivity index (χ0n) is 15.8. The minimum Gasteiger partial charge on any atom is -0.493 e. The Morgan fingerprint density at radius 3 is 2.71 bits per heavy atom. The summed E-state index contributed by atoms with van der Waals surface area (Å²) in [5.41, 5.74) is 3.93. The highest BCUT2D eigenvalue weighted by atomic mass is 32.2. The molecule has 1 heterocycles. The first-order valence-corrected chi connectivity index (χ1v) is 9.36. The molecule has 0 bridgehead atoms. The second-order valence-electron chi connectivity index (χ2n) is 6.11. The van der Waals surface area contributed by atoms with Gasteiger partial charge in [-0.3, -0.25) is 4.79 Å². The Morgan fingerprint density at radius 2 is 2.00 bits per heavy atom. The Morgan fingerprint density at radius 1 is 1.18 bits per heavy atom. The third-order valence-corrected chi connectivity index (χ3v) is 5.06. The lowest BCUT2D eigenvalue weighted by Gasteiger charge is -2.08. The van der Waals surface area contributed by atoms with Crippen molar-refractivity contribution in [2.24, 2.45) is 4.99 Å². The van der Waals surface area contributed by atoms with Crippen molar-refractivity contribution in [1.29, 1.82) is 5.26 Å². The fourth-order valence-electron chi connectivity index (χ4n) is 2.55. The predicted molar refractivity (Wildman–Crippen MR) is 111 cm³/mol. The van der Waals surface area contributed by atoms with E-state index in [1.807, 2.05) is 38.1 Å². The highest BCUT2D eigenvalue weighted by Gasteiger charge is 2.24. The van der Waals surface area contributed by atoms with Gasteiger partial charge in [0.15, 0.2) is 23.3 Å². The normalized spacial score (nSPS) is 16.1. The smallest absolute Gasteiger partial charge is 0.264 e. The second kappa shape index (κ2) is 8.63. The van der Waals surface area contributed by atoms with Gasteiger partial charge in [-0.1, -0.05) is 12.1 Å². The maximum Gasteiger partial charge on any atom is 0.264 e. The van der Waals surface area contributed by atoms with Gasteiger partial charge in [0, 0.05) is 0 Å². The Balaban J connectivity index is 1.81. The molecule has 7 heteroatoms. The van der Waals surface area contributed by atoms with Crippen molar-refractivity contribution in [1.82, 2.24) is 5.32 Å². The first kappa shape index (κ1) is 19.5. The maximum atomic E-state index is 12.3. The monoisotopic (exact) mass is 393 g/mol. The molecule has 1 amide bonds. The number of amides is 1. The van der Waals surface area contributed by atoms with Crippen LogP contribution < -0.4 is 14.8 Å². The molecule has 1 fully saturated rings. The molecular weight excluding hydrogens is 374 g/mol. The number of nitrogens with zero attached hydrogens (tertiary/aromatic N) is 2. The van der Waals surface area contributed by atoms with Crippen molar-refractivity contribution in [2.45, 2.75) is 13.8 Å². The van der Waals surface area contributed by atoms with Crippen molar-refractivity contribution in [3.05, 3.63) is 58.0 Å². The summed E-state index contributed by atoms with van der Waals surface area (Å²) in [5.74, 6) is 0.778. The van der Waals surface area contributed by atoms with Crippen molar-refractivity contribution < 1.29 is 14.3 Å². The number of aryl methyl sites for hydroxylation is 2. The summed E-state index contributed by atoms with van der Waals surface area (Å²) in [6, 6.07) is 13.1. The van der Waals surface area contributed by atoms with E-state index in [2.05, 4.69) is 10.3 Å². The van der Waals surface area contributed by atoms with Gasteiger partial charge in [0.25, 0.3) is 5.91 Å². The maximum absolute atomic E-state index is 12.3. The molecule has 0 radical (unpaired) electrons. The third-order valence-electron chi connectivity index (χ3n) is 4.15. The Hall–Kier alpha value is -3.24. The van der Waals surface area contributed by atoms with Gasteiger partial charge >= 0.3 is 0 Å². The molecule has 28 heavy (non-hydrogen) atoms. The number of nitriles is 1. The summed E-state index contributed by atoms with van der Waals surface area (Å²) in [6.45, 7) is 4.01. The molecule has 0 saturated carbocycles. The van der Waals surface area contributed by atoms with E-state index < -0.39 is 0 Å². The molecule has 1 N–H and O–H groups in total. The molecule has 2 aromatic carbocycles. The molecule has 1 saturated heterocycles. The summed E-state index contributed by atoms with van der Waals surface area (Å²) in [4.78, 5) is 17.3. The first-order chi connectivity index (χ1) is 13.5. The topological polar surface area (TPSA) is 83.7 Å². The van der Waals surface area contributed by atoms with Gasteiger partial charge in [0.1, 0.15) is 6.07 Å². The predicted octanol–water partition coefficient (Wildman–Crippen LogP) is 4.11. The van der Waals surface area contributed by atoms with E-state index in [1.165, 1.54) is 24.4 Å². The number of thioether (sulfide) groups is 1. The third kappa shape index (κ3) is 4.53. The van der Waals surface area contributed by atoms with Gasteiger partial charge in [-0.25, -0.2) is 4.99 Å². The lowest BCUT2D eigenvalue weighted by Crippen LogP contribution is -2.19. The standard InChI is InChI=1S/C21H19N3O3S/c1-13-4-6-16(10-14(13)2)23-21-24-20(25)19(28-21)12-15-5-7-17(27-9-8-22)18(11-15)26-3/h4-7,10-12H,9H2,1-3H3,(H,23,24,25). The molecule has 142 valence electrons. The number of aliphatic imine (C=N–C) groups is 1. The fraction of sp³-hybridized carbons (Fsp3) is 0.190. The molecule has 1 aliphatic heterocycles. The molecule has 0 aliphatic carbocycles. The molecular formula is C21H19N3O3S. The van der Waals surface area contributed by atoms with E-state index in [0.29, 0.717) is 21.6 Å². The number of hydrogen-bond donors (Lipinski definition) is 1. The second-order valence-corrected chi connectivity index (χ2v) is 7.14. The van der Waals surface area contributed by atoms with E-state index >= 15 is 0 Å². The van der Waals surface area contributed by atoms with Crippen LogP contribution in [0.4, 0.5) is 5.69 Å². The molecule has 0 aromatic heterocycles. The molecule has 2 aromatic rings. The minimum atomic E-state index is -0.198.